The molecule has 4 aromatic carbocycles. The Morgan fingerprint density at radius 3 is 2.38 bits per heavy atom. The lowest BCUT2D eigenvalue weighted by Crippen LogP contribution is -2.30. The van der Waals surface area contributed by atoms with Crippen LogP contribution in [0.25, 0.3) is 50.0 Å². The van der Waals surface area contributed by atoms with Crippen LogP contribution in [0.15, 0.2) is 89.3 Å². The normalized spacial score (nSPS) is 11.4. The van der Waals surface area contributed by atoms with Crippen molar-refractivity contribution < 1.29 is 8.98 Å². The van der Waals surface area contributed by atoms with Gasteiger partial charge in [-0.3, -0.25) is 0 Å². The molecule has 0 saturated carbocycles. The van der Waals surface area contributed by atoms with Crippen LogP contribution in [0.5, 0.6) is 0 Å². The number of hydrogen-bond acceptors (Lipinski definition) is 2. The second-order valence-electron chi connectivity index (χ2n) is 8.07. The minimum Gasteiger partial charge on any atom is -0.454 e. The summed E-state index contributed by atoms with van der Waals surface area (Å²) in [5.41, 5.74) is 7.49. The van der Waals surface area contributed by atoms with Crippen LogP contribution >= 0.6 is 0 Å². The molecule has 0 aliphatic carbocycles. The first-order valence-corrected chi connectivity index (χ1v) is 10.6. The molecular weight excluding hydrogens is 394 g/mol. The van der Waals surface area contributed by atoms with E-state index in [1.165, 1.54) is 0 Å². The van der Waals surface area contributed by atoms with Crippen molar-refractivity contribution in [3.63, 3.8) is 0 Å². The standard InChI is InChI=1S/C28H20N3O/c1-18-15-16-22-21-12-8-9-19(17-29)26(21)32-27(22)25(18)28-30(2)23-13-6-7-14-24(23)31(28)20-10-4-3-5-11-20/h3-16H,1-2H3/q+1. The van der Waals surface area contributed by atoms with E-state index in [-0.39, 0.29) is 0 Å². The Morgan fingerprint density at radius 1 is 0.812 bits per heavy atom. The minimum atomic E-state index is 0.551. The monoisotopic (exact) mass is 414 g/mol. The van der Waals surface area contributed by atoms with Gasteiger partial charge < -0.3 is 4.42 Å². The zero-order valence-electron chi connectivity index (χ0n) is 17.8. The van der Waals surface area contributed by atoms with Crippen molar-refractivity contribution in [2.24, 2.45) is 7.05 Å². The molecule has 0 unspecified atom stereocenters. The molecule has 6 aromatic rings. The van der Waals surface area contributed by atoms with Crippen LogP contribution in [-0.4, -0.2) is 4.57 Å². The third-order valence-corrected chi connectivity index (χ3v) is 6.25. The summed E-state index contributed by atoms with van der Waals surface area (Å²) < 4.78 is 10.9. The molecule has 0 radical (unpaired) electrons. The average Bonchev–Trinajstić information content (AvgIpc) is 3.35. The van der Waals surface area contributed by atoms with E-state index in [4.69, 9.17) is 4.42 Å². The van der Waals surface area contributed by atoms with Gasteiger partial charge in [0.05, 0.1) is 12.6 Å². The van der Waals surface area contributed by atoms with E-state index in [1.807, 2.05) is 18.2 Å². The third-order valence-electron chi connectivity index (χ3n) is 6.25. The number of fused-ring (bicyclic) bond motifs is 4. The Hall–Kier alpha value is -4.36. The maximum absolute atomic E-state index is 9.62. The second kappa shape index (κ2) is 6.83. The van der Waals surface area contributed by atoms with Crippen molar-refractivity contribution in [3.8, 4) is 23.1 Å². The minimum absolute atomic E-state index is 0.551. The van der Waals surface area contributed by atoms with Gasteiger partial charge in [0, 0.05) is 10.8 Å². The summed E-state index contributed by atoms with van der Waals surface area (Å²) in [6.07, 6.45) is 0. The van der Waals surface area contributed by atoms with Gasteiger partial charge in [0.2, 0.25) is 0 Å². The number of imidazole rings is 1. The molecule has 32 heavy (non-hydrogen) atoms. The number of furan rings is 1. The Balaban J connectivity index is 1.82. The summed E-state index contributed by atoms with van der Waals surface area (Å²) in [4.78, 5) is 0. The number of nitrogens with zero attached hydrogens (tertiary/aromatic N) is 3. The fourth-order valence-corrected chi connectivity index (χ4v) is 4.76. The molecule has 0 aliphatic heterocycles. The number of rotatable bonds is 2. The van der Waals surface area contributed by atoms with Gasteiger partial charge in [-0.25, -0.2) is 4.57 Å². The molecule has 0 N–H and O–H groups in total. The van der Waals surface area contributed by atoms with E-state index in [1.54, 1.807) is 6.07 Å². The zero-order valence-corrected chi connectivity index (χ0v) is 17.8. The molecule has 4 heteroatoms. The van der Waals surface area contributed by atoms with Crippen molar-refractivity contribution in [2.75, 3.05) is 0 Å². The highest BCUT2D eigenvalue weighted by atomic mass is 16.3. The van der Waals surface area contributed by atoms with E-state index in [2.05, 4.69) is 89.8 Å². The molecule has 0 atom stereocenters. The molecule has 0 saturated heterocycles. The third kappa shape index (κ3) is 2.45. The fraction of sp³-hybridized carbons (Fsp3) is 0.0714. The van der Waals surface area contributed by atoms with Gasteiger partial charge in [-0.2, -0.15) is 9.83 Å². The van der Waals surface area contributed by atoms with Crippen molar-refractivity contribution in [3.05, 3.63) is 96.1 Å². The molecular formula is C28H20N3O+. The summed E-state index contributed by atoms with van der Waals surface area (Å²) in [6, 6.07) is 31.1. The SMILES string of the molecule is Cc1ccc2c(oc3c(C#N)cccc32)c1-c1n(-c2ccccc2)c2ccccc2[n+]1C. The number of nitriles is 1. The molecule has 0 spiro atoms. The van der Waals surface area contributed by atoms with E-state index >= 15 is 0 Å². The molecule has 0 bridgehead atoms. The van der Waals surface area contributed by atoms with Gasteiger partial charge in [-0.05, 0) is 42.8 Å². The van der Waals surface area contributed by atoms with Gasteiger partial charge in [-0.1, -0.05) is 54.6 Å². The molecule has 152 valence electrons. The summed E-state index contributed by atoms with van der Waals surface area (Å²) in [7, 11) is 2.10. The number of para-hydroxylation sites is 4. The fourth-order valence-electron chi connectivity index (χ4n) is 4.76. The number of aromatic nitrogens is 2. The van der Waals surface area contributed by atoms with Crippen LogP contribution in [0, 0.1) is 18.3 Å². The van der Waals surface area contributed by atoms with E-state index < -0.39 is 0 Å². The number of aryl methyl sites for hydroxylation is 2. The van der Waals surface area contributed by atoms with E-state index in [0.717, 1.165) is 50.0 Å². The first-order valence-electron chi connectivity index (χ1n) is 10.6. The van der Waals surface area contributed by atoms with Gasteiger partial charge in [0.25, 0.3) is 5.82 Å². The first-order chi connectivity index (χ1) is 15.7. The van der Waals surface area contributed by atoms with Crippen LogP contribution in [0.3, 0.4) is 0 Å². The lowest BCUT2D eigenvalue weighted by atomic mass is 10.0. The molecule has 0 aliphatic rings. The Bertz CT molecular complexity index is 1700. The van der Waals surface area contributed by atoms with Gasteiger partial charge >= 0.3 is 0 Å². The molecule has 0 amide bonds. The molecule has 2 aromatic heterocycles. The topological polar surface area (TPSA) is 45.7 Å². The predicted molar refractivity (Wildman–Crippen MR) is 127 cm³/mol. The highest BCUT2D eigenvalue weighted by Gasteiger charge is 2.30. The van der Waals surface area contributed by atoms with Crippen LogP contribution in [0.4, 0.5) is 0 Å². The quantitative estimate of drug-likeness (QED) is 0.317. The molecule has 0 fully saturated rings. The first kappa shape index (κ1) is 18.4. The largest absolute Gasteiger partial charge is 0.454 e. The Morgan fingerprint density at radius 2 is 1.56 bits per heavy atom. The average molecular weight is 414 g/mol. The Kier molecular flexibility index (Phi) is 3.93. The predicted octanol–water partition coefficient (Wildman–Crippen LogP) is 6.20. The lowest BCUT2D eigenvalue weighted by molar-refractivity contribution is -0.633. The van der Waals surface area contributed by atoms with Crippen molar-refractivity contribution >= 4 is 33.0 Å². The highest BCUT2D eigenvalue weighted by molar-refractivity contribution is 6.11. The van der Waals surface area contributed by atoms with Crippen molar-refractivity contribution in [1.82, 2.24) is 4.57 Å². The number of benzene rings is 4. The summed E-state index contributed by atoms with van der Waals surface area (Å²) in [5.74, 6) is 1.04. The Labute approximate surface area is 185 Å². The van der Waals surface area contributed by atoms with Gasteiger partial charge in [0.15, 0.2) is 22.2 Å². The van der Waals surface area contributed by atoms with Gasteiger partial charge in [0.1, 0.15) is 17.3 Å². The highest BCUT2D eigenvalue weighted by Crippen LogP contribution is 2.39. The van der Waals surface area contributed by atoms with Crippen LogP contribution in [-0.2, 0) is 7.05 Å². The smallest absolute Gasteiger partial charge is 0.298 e. The maximum atomic E-state index is 9.62. The van der Waals surface area contributed by atoms with Crippen molar-refractivity contribution in [2.45, 2.75) is 6.92 Å². The summed E-state index contributed by atoms with van der Waals surface area (Å²) >= 11 is 0. The second-order valence-corrected chi connectivity index (χ2v) is 8.07. The van der Waals surface area contributed by atoms with Crippen LogP contribution in [0.2, 0.25) is 0 Å². The van der Waals surface area contributed by atoms with Crippen molar-refractivity contribution in [1.29, 1.82) is 5.26 Å². The summed E-state index contributed by atoms with van der Waals surface area (Å²) in [6.45, 7) is 2.11. The maximum Gasteiger partial charge on any atom is 0.298 e. The van der Waals surface area contributed by atoms with E-state index in [9.17, 15) is 5.26 Å². The van der Waals surface area contributed by atoms with Gasteiger partial charge in [-0.15, -0.1) is 0 Å². The molecule has 2 heterocycles. The lowest BCUT2D eigenvalue weighted by Gasteiger charge is -2.07. The molecule has 6 rings (SSSR count). The van der Waals surface area contributed by atoms with E-state index in [0.29, 0.717) is 11.1 Å². The number of hydrogen-bond donors (Lipinski definition) is 0. The summed E-state index contributed by atoms with van der Waals surface area (Å²) in [5, 5.41) is 11.6. The van der Waals surface area contributed by atoms with Crippen LogP contribution < -0.4 is 4.57 Å². The molecule has 4 nitrogen and oxygen atoms in total. The van der Waals surface area contributed by atoms with Crippen LogP contribution in [0.1, 0.15) is 11.1 Å². The zero-order chi connectivity index (χ0) is 21.8.